The molecule has 0 heterocycles. The number of hydrogen-bond donors (Lipinski definition) is 28. The molecule has 0 radical (unpaired) electrons. The van der Waals surface area contributed by atoms with Gasteiger partial charge in [-0.3, -0.25) is 97.1 Å². The number of alkyl carbamates (subject to hydrolysis) is 2. The van der Waals surface area contributed by atoms with Gasteiger partial charge in [0.25, 0.3) is 0 Å². The molecular formula is C80H126N24O24S4. The first kappa shape index (κ1) is 116. The van der Waals surface area contributed by atoms with Gasteiger partial charge in [-0.15, -0.1) is 25.3 Å². The Bertz CT molecular complexity index is 4110. The average Bonchev–Trinajstić information content (AvgIpc) is 0.844. The predicted octanol–water partition coefficient (Wildman–Crippen LogP) is -6.50. The van der Waals surface area contributed by atoms with Crippen molar-refractivity contribution in [3.8, 4) is 0 Å². The highest BCUT2D eigenvalue weighted by Gasteiger charge is 2.40. The molecular weight excluding hydrogens is 1810 g/mol. The van der Waals surface area contributed by atoms with E-state index in [1.54, 1.807) is 102 Å². The van der Waals surface area contributed by atoms with Gasteiger partial charge in [0.1, 0.15) is 108 Å². The maximum Gasteiger partial charge on any atom is 0.408 e. The summed E-state index contributed by atoms with van der Waals surface area (Å²) in [7, 11) is 1.31. The first-order valence-corrected chi connectivity index (χ1v) is 44.9. The molecule has 2 aromatic rings. The van der Waals surface area contributed by atoms with Crippen molar-refractivity contribution in [2.24, 2.45) is 22.9 Å². The fourth-order valence-electron chi connectivity index (χ4n) is 11.4. The topological polar surface area (TPSA) is 769 Å². The maximum atomic E-state index is 15.3. The molecule has 48 nitrogen and oxygen atoms in total. The third-order valence-corrected chi connectivity index (χ3v) is 21.4. The van der Waals surface area contributed by atoms with Crippen molar-refractivity contribution >= 4 is 176 Å². The van der Waals surface area contributed by atoms with E-state index < -0.39 is 273 Å². The summed E-state index contributed by atoms with van der Waals surface area (Å²) in [6, 6.07) is -10.6. The van der Waals surface area contributed by atoms with Crippen molar-refractivity contribution in [2.75, 3.05) is 24.6 Å². The molecule has 30 N–H and O–H groups in total. The molecule has 2 aromatic carbocycles. The smallest absolute Gasteiger partial charge is 0.408 e. The fraction of sp³-hybridized carbons (Fsp3) is 0.575. The Morgan fingerprint density at radius 2 is 0.583 bits per heavy atom. The highest BCUT2D eigenvalue weighted by atomic mass is 33.1. The molecule has 18 atom stereocenters. The third kappa shape index (κ3) is 46.0. The van der Waals surface area contributed by atoms with Crippen LogP contribution in [0.5, 0.6) is 0 Å². The van der Waals surface area contributed by atoms with E-state index in [1.807, 2.05) is 0 Å². The number of hydrogen-bond acceptors (Lipinski definition) is 28. The standard InChI is InChI=1S/C80H126N24O24S4/c1-37(61(111)95-47(27-21-29-87-75(83)84)65(115)99-51(73(123)129)33-55(81)107)91-67(117)49(31-45-23-17-15-18-24-45)97-69(119)53(101-71(121)57(43(7)105)103-63(113)39(3)89-59(109)41(5)93-77(125)127-79(9,10)11)35-131-132-36-54(102-72(122)58(44(8)106)104-64(114)40(4)90-60(110)42(6)94-78(126)128-80(12,13)14)70(120)98-50(32-46-25-19-16-20-26-46)68(118)92-38(2)62(112)96-48(28-22-30-88-76(85)86)66(116)100-52(74(124)130)34-56(82)108/h15-20,23-26,37-44,47-54,57-58,105-106H,21-22,27-36H2,1-14H3,(H2,81,107)(H2,82,108)(H,89,109)(H,90,110)(H,91,117)(H,92,118)(H,93,125)(H,94,126)(H,95,111)(H,96,112)(H,97,119)(H,98,120)(H,99,115)(H,100,116)(H,101,121)(H,102,122)(H,103,113)(H,104,114)(H,123,129)(H,124,130)(H4,83,84,87)(H4,85,86,88)/t37-,38-,39-,40-,41-,42-,43+,44+,47-,48-,49-,50-,51-,52-,53-,54-,57-,58-/m0/s1. The molecule has 734 valence electrons. The zero-order chi connectivity index (χ0) is 100. The number of carbonyl (C=O) groups is 20. The number of nitrogens with one attached hydrogen (secondary N) is 20. The Morgan fingerprint density at radius 1 is 0.341 bits per heavy atom. The molecule has 0 unspecified atom stereocenters. The minimum absolute atomic E-state index is 0.00330. The lowest BCUT2D eigenvalue weighted by Gasteiger charge is -2.28. The lowest BCUT2D eigenvalue weighted by molar-refractivity contribution is -0.136. The van der Waals surface area contributed by atoms with E-state index in [0.717, 1.165) is 13.8 Å². The lowest BCUT2D eigenvalue weighted by atomic mass is 10.0. The number of nitrogens with two attached hydrogens (primary N) is 4. The average molecular weight is 1940 g/mol. The van der Waals surface area contributed by atoms with Gasteiger partial charge in [-0.25, -0.2) is 9.59 Å². The van der Waals surface area contributed by atoms with Gasteiger partial charge in [-0.1, -0.05) is 82.3 Å². The molecule has 52 heteroatoms. The van der Waals surface area contributed by atoms with Crippen LogP contribution in [0.4, 0.5) is 9.59 Å². The van der Waals surface area contributed by atoms with Crippen LogP contribution < -0.4 is 119 Å². The number of amides is 18. The second-order valence-corrected chi connectivity index (χ2v) is 36.0. The van der Waals surface area contributed by atoms with Crippen molar-refractivity contribution in [1.82, 2.24) is 95.7 Å². The van der Waals surface area contributed by atoms with Crippen molar-refractivity contribution < 1.29 is 116 Å². The van der Waals surface area contributed by atoms with Crippen molar-refractivity contribution in [3.63, 3.8) is 0 Å². The SMILES string of the molecule is C[C@H](NC(=O)OC(C)(C)C)C(=O)N[C@@H](C)C(=O)N[C@H](C(=O)N[C@@H](CSSC[C@H](NC(=O)[C@@H](NC(=O)[C@H](C)NC(=O)[C@H](C)NC(=O)OC(C)(C)C)[C@@H](C)O)C(=O)N[C@@H](Cc1ccccc1)C(=O)N[C@@H](C)C(=O)N[C@@H](CCCNC(=N)N)C(=O)N[C@@H](CC(N)=O)C(=O)S)C(=O)N[C@@H](Cc1ccccc1)C(=O)N[C@@H](C)C(=O)N[C@@H](CCCNC(=N)N)C(=O)N[C@@H](CC(N)=O)C(=O)S)[C@@H](C)O. The fourth-order valence-corrected chi connectivity index (χ4v) is 14.0. The number of guanidine groups is 2. The van der Waals surface area contributed by atoms with Crippen LogP contribution in [0.2, 0.25) is 0 Å². The molecule has 18 amide bonds. The summed E-state index contributed by atoms with van der Waals surface area (Å²) in [4.78, 5) is 273. The summed E-state index contributed by atoms with van der Waals surface area (Å²) in [6.07, 6.45) is -8.10. The number of thiol groups is 2. The molecule has 0 aliphatic rings. The first-order valence-electron chi connectivity index (χ1n) is 41.5. The Kier molecular flexibility index (Phi) is 50.1. The first-order chi connectivity index (χ1) is 61.4. The normalized spacial score (nSPS) is 15.3. The van der Waals surface area contributed by atoms with Crippen LogP contribution in [0.3, 0.4) is 0 Å². The number of aliphatic hydroxyl groups is 2. The van der Waals surface area contributed by atoms with Crippen molar-refractivity contribution in [2.45, 2.75) is 268 Å². The second-order valence-electron chi connectivity index (χ2n) is 32.5. The molecule has 0 aliphatic heterocycles. The van der Waals surface area contributed by atoms with Gasteiger partial charge in [0.05, 0.1) is 25.0 Å². The molecule has 0 fully saturated rings. The van der Waals surface area contributed by atoms with Crippen LogP contribution in [-0.4, -0.2) is 284 Å². The number of rotatable bonds is 55. The molecule has 0 saturated heterocycles. The summed E-state index contributed by atoms with van der Waals surface area (Å²) in [6.45, 7) is 18.8. The van der Waals surface area contributed by atoms with Gasteiger partial charge in [-0.05, 0) is 134 Å². The van der Waals surface area contributed by atoms with Crippen LogP contribution in [0.1, 0.15) is 147 Å². The quantitative estimate of drug-likeness (QED) is 0.00963. The second kappa shape index (κ2) is 57.1. The summed E-state index contributed by atoms with van der Waals surface area (Å²) >= 11 is 7.48. The number of aliphatic hydroxyl groups excluding tert-OH is 2. The highest BCUT2D eigenvalue weighted by Crippen LogP contribution is 2.25. The van der Waals surface area contributed by atoms with Gasteiger partial charge in [0.2, 0.25) is 105 Å². The van der Waals surface area contributed by atoms with E-state index in [0.29, 0.717) is 32.7 Å². The minimum atomic E-state index is -2.00. The van der Waals surface area contributed by atoms with E-state index in [-0.39, 0.29) is 51.6 Å². The number of primary amides is 2. The summed E-state index contributed by atoms with van der Waals surface area (Å²) in [5, 5.41) is 79.1. The van der Waals surface area contributed by atoms with E-state index in [4.69, 9.17) is 43.2 Å². The Morgan fingerprint density at radius 3 is 0.856 bits per heavy atom. The van der Waals surface area contributed by atoms with Crippen LogP contribution in [0.25, 0.3) is 0 Å². The van der Waals surface area contributed by atoms with Crippen LogP contribution in [0.15, 0.2) is 60.7 Å². The number of carbonyl (C=O) groups excluding carboxylic acids is 20. The van der Waals surface area contributed by atoms with Gasteiger partial charge >= 0.3 is 12.2 Å². The maximum absolute atomic E-state index is 15.3. The summed E-state index contributed by atoms with van der Waals surface area (Å²) in [5.41, 5.74) is 20.3. The predicted molar refractivity (Wildman–Crippen MR) is 490 cm³/mol. The Hall–Kier alpha value is -12.3. The van der Waals surface area contributed by atoms with Gasteiger partial charge in [0, 0.05) is 37.4 Å². The van der Waals surface area contributed by atoms with Crippen LogP contribution >= 0.6 is 46.8 Å². The lowest BCUT2D eigenvalue weighted by Crippen LogP contribution is -2.62. The van der Waals surface area contributed by atoms with E-state index >= 15 is 9.59 Å². The number of benzene rings is 2. The largest absolute Gasteiger partial charge is 0.444 e. The monoisotopic (exact) mass is 1930 g/mol. The van der Waals surface area contributed by atoms with Gasteiger partial charge in [-0.2, -0.15) is 0 Å². The Labute approximate surface area is 781 Å². The molecule has 0 bridgehead atoms. The minimum Gasteiger partial charge on any atom is -0.444 e. The third-order valence-electron chi connectivity index (χ3n) is 18.3. The van der Waals surface area contributed by atoms with Crippen LogP contribution in [-0.2, 0) is 109 Å². The molecule has 2 rings (SSSR count). The molecule has 0 spiro atoms. The van der Waals surface area contributed by atoms with Crippen LogP contribution in [0, 0.1) is 10.8 Å². The van der Waals surface area contributed by atoms with E-state index in [2.05, 4.69) is 121 Å². The van der Waals surface area contributed by atoms with Crippen molar-refractivity contribution in [1.29, 1.82) is 10.8 Å². The van der Waals surface area contributed by atoms with Gasteiger partial charge in [0.15, 0.2) is 11.9 Å². The number of ether oxygens (including phenoxy) is 2. The van der Waals surface area contributed by atoms with E-state index in [9.17, 15) is 96.5 Å². The van der Waals surface area contributed by atoms with E-state index in [1.165, 1.54) is 41.5 Å². The molecule has 0 saturated carbocycles. The molecule has 0 aromatic heterocycles. The zero-order valence-corrected chi connectivity index (χ0v) is 79.0. The van der Waals surface area contributed by atoms with Gasteiger partial charge < -0.3 is 138 Å². The summed E-state index contributed by atoms with van der Waals surface area (Å²) in [5.74, 6) is -19.6. The summed E-state index contributed by atoms with van der Waals surface area (Å²) < 4.78 is 10.4. The molecule has 132 heavy (non-hydrogen) atoms. The Balaban J connectivity index is 2.98. The highest BCUT2D eigenvalue weighted by molar-refractivity contribution is 8.76. The zero-order valence-electron chi connectivity index (χ0n) is 75.5. The molecule has 0 aliphatic carbocycles. The van der Waals surface area contributed by atoms with Crippen molar-refractivity contribution in [3.05, 3.63) is 71.8 Å².